The molecular formula is C13H13BrN2OS. The quantitative estimate of drug-likeness (QED) is 0.851. The summed E-state index contributed by atoms with van der Waals surface area (Å²) in [4.78, 5) is 13.2. The molecule has 94 valence electrons. The molecule has 0 aliphatic rings. The summed E-state index contributed by atoms with van der Waals surface area (Å²) in [6.45, 7) is 2.40. The third-order valence-electron chi connectivity index (χ3n) is 2.58. The molecule has 1 aromatic heterocycles. The van der Waals surface area contributed by atoms with E-state index in [4.69, 9.17) is 5.73 Å². The number of carbonyl (C=O) groups excluding carboxylic acids is 1. The smallest absolute Gasteiger partial charge is 0.253 e. The summed E-state index contributed by atoms with van der Waals surface area (Å²) in [6.07, 6.45) is 0. The Balaban J connectivity index is 2.08. The van der Waals surface area contributed by atoms with Crippen molar-refractivity contribution >= 4 is 38.9 Å². The Morgan fingerprint density at radius 3 is 2.78 bits per heavy atom. The zero-order valence-corrected chi connectivity index (χ0v) is 12.3. The van der Waals surface area contributed by atoms with Gasteiger partial charge >= 0.3 is 0 Å². The van der Waals surface area contributed by atoms with Crippen LogP contribution in [0.15, 0.2) is 34.1 Å². The summed E-state index contributed by atoms with van der Waals surface area (Å²) in [6, 6.07) is 9.42. The molecular weight excluding hydrogens is 312 g/mol. The lowest BCUT2D eigenvalue weighted by Crippen LogP contribution is -2.24. The molecule has 0 aliphatic heterocycles. The van der Waals surface area contributed by atoms with Crippen molar-refractivity contribution in [3.05, 3.63) is 50.1 Å². The van der Waals surface area contributed by atoms with E-state index in [1.807, 2.05) is 31.2 Å². The lowest BCUT2D eigenvalue weighted by molar-refractivity contribution is 0.0951. The summed E-state index contributed by atoms with van der Waals surface area (Å²) in [5, 5.41) is 2.88. The minimum absolute atomic E-state index is 0.130. The number of anilines is 1. The second kappa shape index (κ2) is 5.54. The number of halogens is 1. The highest BCUT2D eigenvalue weighted by atomic mass is 79.9. The number of benzene rings is 1. The van der Waals surface area contributed by atoms with Crippen molar-refractivity contribution in [2.75, 3.05) is 5.73 Å². The molecule has 0 aliphatic carbocycles. The van der Waals surface area contributed by atoms with Crippen molar-refractivity contribution < 1.29 is 4.79 Å². The standard InChI is InChI=1S/C13H13BrN2OS/c1-8-3-2-4-10(15)12(8)13(17)16-7-9-5-6-11(14)18-9/h2-6H,7,15H2,1H3,(H,16,17). The molecule has 2 aromatic rings. The van der Waals surface area contributed by atoms with E-state index in [2.05, 4.69) is 21.2 Å². The van der Waals surface area contributed by atoms with Gasteiger partial charge in [0.15, 0.2) is 0 Å². The number of nitrogens with one attached hydrogen (secondary N) is 1. The number of hydrogen-bond acceptors (Lipinski definition) is 3. The van der Waals surface area contributed by atoms with Gasteiger partial charge in [-0.25, -0.2) is 0 Å². The number of nitrogen functional groups attached to an aromatic ring is 1. The second-order valence-electron chi connectivity index (χ2n) is 3.93. The Morgan fingerprint density at radius 1 is 1.39 bits per heavy atom. The predicted octanol–water partition coefficient (Wildman–Crippen LogP) is 3.33. The van der Waals surface area contributed by atoms with Crippen molar-refractivity contribution in [1.82, 2.24) is 5.32 Å². The molecule has 0 saturated heterocycles. The Morgan fingerprint density at radius 2 is 2.17 bits per heavy atom. The summed E-state index contributed by atoms with van der Waals surface area (Å²) < 4.78 is 1.06. The normalized spacial score (nSPS) is 10.3. The predicted molar refractivity (Wildman–Crippen MR) is 78.8 cm³/mol. The van der Waals surface area contributed by atoms with Gasteiger partial charge in [0.1, 0.15) is 0 Å². The van der Waals surface area contributed by atoms with Crippen molar-refractivity contribution in [1.29, 1.82) is 0 Å². The van der Waals surface area contributed by atoms with Crippen LogP contribution in [-0.2, 0) is 6.54 Å². The van der Waals surface area contributed by atoms with Crippen LogP contribution >= 0.6 is 27.3 Å². The number of thiophene rings is 1. The molecule has 0 spiro atoms. The first-order chi connectivity index (χ1) is 8.58. The van der Waals surface area contributed by atoms with E-state index in [9.17, 15) is 4.79 Å². The van der Waals surface area contributed by atoms with E-state index in [1.54, 1.807) is 17.4 Å². The monoisotopic (exact) mass is 324 g/mol. The average molecular weight is 325 g/mol. The second-order valence-corrected chi connectivity index (χ2v) is 6.48. The lowest BCUT2D eigenvalue weighted by Gasteiger charge is -2.09. The third-order valence-corrected chi connectivity index (χ3v) is 4.21. The molecule has 0 radical (unpaired) electrons. The van der Waals surface area contributed by atoms with Gasteiger partial charge in [-0.05, 0) is 46.6 Å². The number of hydrogen-bond donors (Lipinski definition) is 2. The number of aryl methyl sites for hydroxylation is 1. The topological polar surface area (TPSA) is 55.1 Å². The van der Waals surface area contributed by atoms with Crippen molar-refractivity contribution in [2.45, 2.75) is 13.5 Å². The first-order valence-corrected chi connectivity index (χ1v) is 7.06. The Bertz CT molecular complexity index is 560. The first kappa shape index (κ1) is 13.1. The maximum absolute atomic E-state index is 12.1. The van der Waals surface area contributed by atoms with Crippen molar-refractivity contribution in [3.8, 4) is 0 Å². The van der Waals surface area contributed by atoms with Crippen LogP contribution < -0.4 is 11.1 Å². The van der Waals surface area contributed by atoms with E-state index in [-0.39, 0.29) is 5.91 Å². The van der Waals surface area contributed by atoms with E-state index in [1.165, 1.54) is 0 Å². The van der Waals surface area contributed by atoms with Gasteiger partial charge in [0.05, 0.1) is 15.9 Å². The van der Waals surface area contributed by atoms with Gasteiger partial charge in [-0.2, -0.15) is 0 Å². The molecule has 5 heteroatoms. The maximum Gasteiger partial charge on any atom is 0.253 e. The van der Waals surface area contributed by atoms with Crippen LogP contribution in [0, 0.1) is 6.92 Å². The van der Waals surface area contributed by atoms with Crippen LogP contribution in [0.1, 0.15) is 20.8 Å². The van der Waals surface area contributed by atoms with Gasteiger partial charge in [-0.15, -0.1) is 11.3 Å². The van der Waals surface area contributed by atoms with E-state index in [0.717, 1.165) is 14.2 Å². The minimum Gasteiger partial charge on any atom is -0.398 e. The largest absolute Gasteiger partial charge is 0.398 e. The van der Waals surface area contributed by atoms with E-state index < -0.39 is 0 Å². The summed E-state index contributed by atoms with van der Waals surface area (Å²) in [7, 11) is 0. The summed E-state index contributed by atoms with van der Waals surface area (Å²) in [5.41, 5.74) is 7.80. The highest BCUT2D eigenvalue weighted by Gasteiger charge is 2.12. The fourth-order valence-electron chi connectivity index (χ4n) is 1.70. The highest BCUT2D eigenvalue weighted by Crippen LogP contribution is 2.22. The molecule has 0 fully saturated rings. The molecule has 0 atom stereocenters. The Kier molecular flexibility index (Phi) is 4.04. The fraction of sp³-hybridized carbons (Fsp3) is 0.154. The van der Waals surface area contributed by atoms with Crippen molar-refractivity contribution in [2.24, 2.45) is 0 Å². The molecule has 0 bridgehead atoms. The molecule has 3 N–H and O–H groups in total. The minimum atomic E-state index is -0.130. The van der Waals surface area contributed by atoms with Crippen LogP contribution in [0.25, 0.3) is 0 Å². The summed E-state index contributed by atoms with van der Waals surface area (Å²) >= 11 is 5.00. The van der Waals surface area contributed by atoms with Gasteiger partial charge in [0, 0.05) is 10.6 Å². The van der Waals surface area contributed by atoms with Crippen LogP contribution in [0.2, 0.25) is 0 Å². The van der Waals surface area contributed by atoms with Crippen LogP contribution in [0.3, 0.4) is 0 Å². The van der Waals surface area contributed by atoms with Gasteiger partial charge < -0.3 is 11.1 Å². The molecule has 0 unspecified atom stereocenters. The SMILES string of the molecule is Cc1cccc(N)c1C(=O)NCc1ccc(Br)s1. The van der Waals surface area contributed by atoms with Gasteiger partial charge in [-0.3, -0.25) is 4.79 Å². The lowest BCUT2D eigenvalue weighted by atomic mass is 10.1. The molecule has 0 saturated carbocycles. The summed E-state index contributed by atoms with van der Waals surface area (Å²) in [5.74, 6) is -0.130. The first-order valence-electron chi connectivity index (χ1n) is 5.45. The highest BCUT2D eigenvalue weighted by molar-refractivity contribution is 9.11. The number of nitrogens with two attached hydrogens (primary N) is 1. The molecule has 18 heavy (non-hydrogen) atoms. The van der Waals surface area contributed by atoms with Crippen LogP contribution in [-0.4, -0.2) is 5.91 Å². The maximum atomic E-state index is 12.1. The fourth-order valence-corrected chi connectivity index (χ4v) is 3.13. The Labute approximate surface area is 118 Å². The number of rotatable bonds is 3. The molecule has 2 rings (SSSR count). The number of amides is 1. The zero-order chi connectivity index (χ0) is 13.1. The van der Waals surface area contributed by atoms with Crippen LogP contribution in [0.5, 0.6) is 0 Å². The molecule has 1 aromatic carbocycles. The number of carbonyl (C=O) groups is 1. The third kappa shape index (κ3) is 2.91. The van der Waals surface area contributed by atoms with Gasteiger partial charge in [-0.1, -0.05) is 12.1 Å². The van der Waals surface area contributed by atoms with Crippen LogP contribution in [0.4, 0.5) is 5.69 Å². The van der Waals surface area contributed by atoms with E-state index >= 15 is 0 Å². The Hall–Kier alpha value is -1.33. The van der Waals surface area contributed by atoms with Crippen molar-refractivity contribution in [3.63, 3.8) is 0 Å². The molecule has 1 heterocycles. The molecule has 1 amide bonds. The average Bonchev–Trinajstić information content (AvgIpc) is 2.72. The zero-order valence-electron chi connectivity index (χ0n) is 9.87. The van der Waals surface area contributed by atoms with Gasteiger partial charge in [0.2, 0.25) is 0 Å². The molecule has 3 nitrogen and oxygen atoms in total. The van der Waals surface area contributed by atoms with E-state index in [0.29, 0.717) is 17.8 Å². The van der Waals surface area contributed by atoms with Gasteiger partial charge in [0.25, 0.3) is 5.91 Å².